The Morgan fingerprint density at radius 3 is 2.32 bits per heavy atom. The van der Waals surface area contributed by atoms with Gasteiger partial charge in [-0.3, -0.25) is 0 Å². The van der Waals surface area contributed by atoms with Crippen molar-refractivity contribution in [2.24, 2.45) is 0 Å². The molecule has 0 aliphatic rings. The van der Waals surface area contributed by atoms with Crippen LogP contribution in [0.5, 0.6) is 0 Å². The van der Waals surface area contributed by atoms with E-state index in [9.17, 15) is 4.79 Å². The summed E-state index contributed by atoms with van der Waals surface area (Å²) in [5.41, 5.74) is 1.34. The number of aromatic nitrogens is 1. The minimum atomic E-state index is -0.502. The van der Waals surface area contributed by atoms with E-state index in [1.807, 2.05) is 63.2 Å². The molecule has 0 unspecified atom stereocenters. The monoisotopic (exact) mass is 369 g/mol. The van der Waals surface area contributed by atoms with E-state index in [-0.39, 0.29) is 6.09 Å². The van der Waals surface area contributed by atoms with Crippen LogP contribution in [-0.2, 0) is 4.74 Å². The Morgan fingerprint density at radius 1 is 1.11 bits per heavy atom. The number of ether oxygens (including phenoxy) is 1. The highest BCUT2D eigenvalue weighted by Crippen LogP contribution is 2.24. The third-order valence-corrected chi connectivity index (χ3v) is 3.32. The third kappa shape index (κ3) is 3.37. The molecule has 2 rings (SSSR count). The van der Waals surface area contributed by atoms with Crippen molar-refractivity contribution in [2.75, 3.05) is 0 Å². The van der Waals surface area contributed by atoms with Gasteiger partial charge in [-0.1, -0.05) is 30.3 Å². The molecule has 4 heteroatoms. The molecule has 0 spiro atoms. The van der Waals surface area contributed by atoms with Crippen LogP contribution in [0.15, 0.2) is 42.5 Å². The largest absolute Gasteiger partial charge is 0.443 e. The van der Waals surface area contributed by atoms with Crippen molar-refractivity contribution in [2.45, 2.75) is 26.4 Å². The quantitative estimate of drug-likeness (QED) is 0.691. The Hall–Kier alpha value is -1.30. The molecule has 0 saturated carbocycles. The standard InChI is InChI=1S/C15H16INO2/c1-15(2,3)19-14(18)17-12(9-10-13(17)16)11-7-5-4-6-8-11/h4-10H,1-3H3. The molecule has 1 aromatic heterocycles. The van der Waals surface area contributed by atoms with Gasteiger partial charge in [0.1, 0.15) is 5.60 Å². The van der Waals surface area contributed by atoms with Gasteiger partial charge in [-0.25, -0.2) is 9.36 Å². The van der Waals surface area contributed by atoms with Crippen molar-refractivity contribution in [3.05, 3.63) is 46.2 Å². The van der Waals surface area contributed by atoms with Gasteiger partial charge in [0.15, 0.2) is 0 Å². The molecule has 100 valence electrons. The van der Waals surface area contributed by atoms with Crippen LogP contribution in [-0.4, -0.2) is 16.3 Å². The summed E-state index contributed by atoms with van der Waals surface area (Å²) in [7, 11) is 0. The van der Waals surface area contributed by atoms with Crippen LogP contribution >= 0.6 is 22.6 Å². The lowest BCUT2D eigenvalue weighted by Gasteiger charge is -2.21. The molecule has 19 heavy (non-hydrogen) atoms. The summed E-state index contributed by atoms with van der Waals surface area (Å²) < 4.78 is 7.88. The van der Waals surface area contributed by atoms with Gasteiger partial charge >= 0.3 is 6.09 Å². The van der Waals surface area contributed by atoms with Crippen LogP contribution in [0.2, 0.25) is 0 Å². The zero-order valence-corrected chi connectivity index (χ0v) is 13.3. The maximum Gasteiger partial charge on any atom is 0.419 e. The summed E-state index contributed by atoms with van der Waals surface area (Å²) in [6, 6.07) is 13.7. The first-order valence-electron chi connectivity index (χ1n) is 6.04. The second kappa shape index (κ2) is 5.36. The number of carbonyl (C=O) groups excluding carboxylic acids is 1. The minimum absolute atomic E-state index is 0.347. The van der Waals surface area contributed by atoms with E-state index >= 15 is 0 Å². The summed E-state index contributed by atoms with van der Waals surface area (Å²) in [6.07, 6.45) is -0.347. The maximum absolute atomic E-state index is 12.3. The first-order valence-corrected chi connectivity index (χ1v) is 7.12. The number of nitrogens with zero attached hydrogens (tertiary/aromatic N) is 1. The van der Waals surface area contributed by atoms with Crippen molar-refractivity contribution in [3.63, 3.8) is 0 Å². The molecule has 0 aliphatic carbocycles. The minimum Gasteiger partial charge on any atom is -0.443 e. The highest BCUT2D eigenvalue weighted by molar-refractivity contribution is 14.1. The molecule has 0 fully saturated rings. The Balaban J connectivity index is 2.42. The van der Waals surface area contributed by atoms with E-state index in [2.05, 4.69) is 22.6 Å². The summed E-state index contributed by atoms with van der Waals surface area (Å²) in [5, 5.41) is 0. The fraction of sp³-hybridized carbons (Fsp3) is 0.267. The van der Waals surface area contributed by atoms with Crippen molar-refractivity contribution in [1.82, 2.24) is 4.57 Å². The van der Waals surface area contributed by atoms with Crippen LogP contribution in [0.3, 0.4) is 0 Å². The topological polar surface area (TPSA) is 31.2 Å². The summed E-state index contributed by atoms with van der Waals surface area (Å²) in [4.78, 5) is 12.3. The van der Waals surface area contributed by atoms with Crippen LogP contribution < -0.4 is 0 Å². The van der Waals surface area contributed by atoms with E-state index in [0.29, 0.717) is 0 Å². The molecule has 2 aromatic rings. The smallest absolute Gasteiger partial charge is 0.419 e. The molecule has 0 aliphatic heterocycles. The van der Waals surface area contributed by atoms with Crippen molar-refractivity contribution >= 4 is 28.7 Å². The molecule has 0 bridgehead atoms. The molecule has 0 saturated heterocycles. The van der Waals surface area contributed by atoms with Gasteiger partial charge in [-0.15, -0.1) is 0 Å². The molecule has 1 heterocycles. The molecule has 0 atom stereocenters. The first kappa shape index (κ1) is 14.1. The van der Waals surface area contributed by atoms with Gasteiger partial charge in [0.2, 0.25) is 0 Å². The second-order valence-electron chi connectivity index (χ2n) is 5.22. The van der Waals surface area contributed by atoms with Crippen LogP contribution in [0, 0.1) is 3.70 Å². The van der Waals surface area contributed by atoms with Crippen LogP contribution in [0.25, 0.3) is 11.3 Å². The average molecular weight is 369 g/mol. The Labute approximate surface area is 126 Å². The summed E-state index contributed by atoms with van der Waals surface area (Å²) >= 11 is 2.14. The predicted molar refractivity (Wildman–Crippen MR) is 84.2 cm³/mol. The number of hydrogen-bond acceptors (Lipinski definition) is 2. The lowest BCUT2D eigenvalue weighted by atomic mass is 10.1. The van der Waals surface area contributed by atoms with E-state index in [4.69, 9.17) is 4.74 Å². The number of benzene rings is 1. The zero-order chi connectivity index (χ0) is 14.0. The number of hydrogen-bond donors (Lipinski definition) is 0. The van der Waals surface area contributed by atoms with Crippen LogP contribution in [0.4, 0.5) is 4.79 Å². The van der Waals surface area contributed by atoms with Gasteiger partial charge < -0.3 is 4.74 Å². The van der Waals surface area contributed by atoms with Crippen LogP contribution in [0.1, 0.15) is 20.8 Å². The van der Waals surface area contributed by atoms with Crippen molar-refractivity contribution < 1.29 is 9.53 Å². The van der Waals surface area contributed by atoms with Gasteiger partial charge in [0, 0.05) is 0 Å². The Morgan fingerprint density at radius 2 is 1.74 bits per heavy atom. The van der Waals surface area contributed by atoms with Crippen molar-refractivity contribution in [3.8, 4) is 11.3 Å². The molecular weight excluding hydrogens is 353 g/mol. The highest BCUT2D eigenvalue weighted by atomic mass is 127. The lowest BCUT2D eigenvalue weighted by Crippen LogP contribution is -2.28. The predicted octanol–water partition coefficient (Wildman–Crippen LogP) is 4.54. The van der Waals surface area contributed by atoms with Crippen molar-refractivity contribution in [1.29, 1.82) is 0 Å². The Bertz CT molecular complexity index is 582. The number of carbonyl (C=O) groups is 1. The normalized spacial score (nSPS) is 11.4. The van der Waals surface area contributed by atoms with Gasteiger partial charge in [-0.2, -0.15) is 0 Å². The number of halogens is 1. The third-order valence-electron chi connectivity index (χ3n) is 2.48. The van der Waals surface area contributed by atoms with Gasteiger partial charge in [0.25, 0.3) is 0 Å². The summed E-state index contributed by atoms with van der Waals surface area (Å²) in [6.45, 7) is 5.59. The lowest BCUT2D eigenvalue weighted by molar-refractivity contribution is 0.0536. The van der Waals surface area contributed by atoms with E-state index < -0.39 is 5.60 Å². The fourth-order valence-corrected chi connectivity index (χ4v) is 2.38. The number of rotatable bonds is 1. The SMILES string of the molecule is CC(C)(C)OC(=O)n1c(I)ccc1-c1ccccc1. The Kier molecular flexibility index (Phi) is 3.99. The molecule has 1 aromatic carbocycles. The average Bonchev–Trinajstić information content (AvgIpc) is 2.70. The highest BCUT2D eigenvalue weighted by Gasteiger charge is 2.21. The first-order chi connectivity index (χ1) is 8.88. The van der Waals surface area contributed by atoms with E-state index in [1.165, 1.54) is 0 Å². The molecule has 0 radical (unpaired) electrons. The van der Waals surface area contributed by atoms with E-state index in [1.54, 1.807) is 4.57 Å². The maximum atomic E-state index is 12.3. The van der Waals surface area contributed by atoms with E-state index in [0.717, 1.165) is 15.0 Å². The molecule has 0 amide bonds. The molecular formula is C15H16INO2. The molecule has 0 N–H and O–H groups in total. The molecule has 3 nitrogen and oxygen atoms in total. The summed E-state index contributed by atoms with van der Waals surface area (Å²) in [5.74, 6) is 0. The fourth-order valence-electron chi connectivity index (χ4n) is 1.74. The second-order valence-corrected chi connectivity index (χ2v) is 6.33. The van der Waals surface area contributed by atoms with Gasteiger partial charge in [0.05, 0.1) is 9.39 Å². The zero-order valence-electron chi connectivity index (χ0n) is 11.2. The van der Waals surface area contributed by atoms with Gasteiger partial charge in [-0.05, 0) is 61.1 Å².